The fourth-order valence-corrected chi connectivity index (χ4v) is 1.95. The van der Waals surface area contributed by atoms with Crippen LogP contribution in [0.1, 0.15) is 11.1 Å². The van der Waals surface area contributed by atoms with Gasteiger partial charge in [-0.2, -0.15) is 0 Å². The average molecular weight is 300 g/mol. The van der Waals surface area contributed by atoms with Gasteiger partial charge in [-0.3, -0.25) is 14.9 Å². The van der Waals surface area contributed by atoms with Crippen molar-refractivity contribution in [2.75, 3.05) is 11.9 Å². The minimum Gasteiger partial charge on any atom is -0.484 e. The number of hydrogen-bond donors (Lipinski definition) is 1. The fourth-order valence-electron chi connectivity index (χ4n) is 1.95. The van der Waals surface area contributed by atoms with Crippen molar-refractivity contribution in [2.45, 2.75) is 13.8 Å². The van der Waals surface area contributed by atoms with Gasteiger partial charge in [-0.05, 0) is 37.1 Å². The molecular weight excluding hydrogens is 284 g/mol. The van der Waals surface area contributed by atoms with Gasteiger partial charge in [-0.15, -0.1) is 0 Å². The van der Waals surface area contributed by atoms with E-state index in [1.807, 2.05) is 13.0 Å². The number of carbonyl (C=O) groups is 1. The third kappa shape index (κ3) is 3.60. The quantitative estimate of drug-likeness (QED) is 0.679. The van der Waals surface area contributed by atoms with Gasteiger partial charge in [0.15, 0.2) is 6.61 Å². The summed E-state index contributed by atoms with van der Waals surface area (Å²) >= 11 is 0. The predicted molar refractivity (Wildman–Crippen MR) is 83.1 cm³/mol. The summed E-state index contributed by atoms with van der Waals surface area (Å²) in [4.78, 5) is 22.5. The maximum atomic E-state index is 12.0. The van der Waals surface area contributed by atoms with Crippen LogP contribution in [0.25, 0.3) is 0 Å². The van der Waals surface area contributed by atoms with Crippen molar-refractivity contribution in [3.63, 3.8) is 0 Å². The molecule has 0 aliphatic carbocycles. The summed E-state index contributed by atoms with van der Waals surface area (Å²) in [5.41, 5.74) is 1.62. The molecule has 114 valence electrons. The van der Waals surface area contributed by atoms with Crippen LogP contribution in [0.3, 0.4) is 0 Å². The highest BCUT2D eigenvalue weighted by Gasteiger charge is 2.19. The SMILES string of the molecule is Cc1ccc([N+](=O)[O-])c(NC(=O)COc2ccccc2)c1C. The first-order valence-corrected chi connectivity index (χ1v) is 6.71. The monoisotopic (exact) mass is 300 g/mol. The van der Waals surface area contributed by atoms with E-state index in [0.717, 1.165) is 5.56 Å². The summed E-state index contributed by atoms with van der Waals surface area (Å²) in [7, 11) is 0. The molecule has 2 aromatic carbocycles. The van der Waals surface area contributed by atoms with E-state index in [1.165, 1.54) is 6.07 Å². The van der Waals surface area contributed by atoms with E-state index in [1.54, 1.807) is 37.3 Å². The lowest BCUT2D eigenvalue weighted by Gasteiger charge is -2.11. The Morgan fingerprint density at radius 2 is 1.86 bits per heavy atom. The van der Waals surface area contributed by atoms with Gasteiger partial charge in [-0.25, -0.2) is 0 Å². The largest absolute Gasteiger partial charge is 0.484 e. The molecule has 0 unspecified atom stereocenters. The summed E-state index contributed by atoms with van der Waals surface area (Å²) in [5.74, 6) is 0.119. The van der Waals surface area contributed by atoms with E-state index >= 15 is 0 Å². The molecule has 0 aliphatic heterocycles. The minimum atomic E-state index is -0.514. The minimum absolute atomic E-state index is 0.129. The summed E-state index contributed by atoms with van der Waals surface area (Å²) in [6.45, 7) is 3.35. The highest BCUT2D eigenvalue weighted by Crippen LogP contribution is 2.30. The molecule has 0 aromatic heterocycles. The zero-order valence-corrected chi connectivity index (χ0v) is 12.3. The molecule has 0 heterocycles. The topological polar surface area (TPSA) is 81.5 Å². The van der Waals surface area contributed by atoms with E-state index in [4.69, 9.17) is 4.74 Å². The van der Waals surface area contributed by atoms with Crippen molar-refractivity contribution < 1.29 is 14.5 Å². The first kappa shape index (κ1) is 15.5. The summed E-state index contributed by atoms with van der Waals surface area (Å²) in [6.07, 6.45) is 0. The number of nitro benzene ring substituents is 1. The maximum Gasteiger partial charge on any atom is 0.293 e. The van der Waals surface area contributed by atoms with Crippen LogP contribution in [0.15, 0.2) is 42.5 Å². The lowest BCUT2D eigenvalue weighted by Crippen LogP contribution is -2.21. The van der Waals surface area contributed by atoms with Crippen molar-refractivity contribution in [1.82, 2.24) is 0 Å². The number of nitrogens with one attached hydrogen (secondary N) is 1. The van der Waals surface area contributed by atoms with E-state index in [9.17, 15) is 14.9 Å². The molecule has 2 aromatic rings. The molecule has 0 bridgehead atoms. The number of anilines is 1. The Morgan fingerprint density at radius 3 is 2.50 bits per heavy atom. The van der Waals surface area contributed by atoms with Crippen LogP contribution in [-0.4, -0.2) is 17.4 Å². The van der Waals surface area contributed by atoms with E-state index in [0.29, 0.717) is 11.3 Å². The molecule has 1 N–H and O–H groups in total. The Labute approximate surface area is 127 Å². The third-order valence-electron chi connectivity index (χ3n) is 3.29. The molecule has 2 rings (SSSR count). The molecule has 0 atom stereocenters. The van der Waals surface area contributed by atoms with Crippen LogP contribution in [0.2, 0.25) is 0 Å². The summed E-state index contributed by atoms with van der Waals surface area (Å²) < 4.78 is 5.33. The van der Waals surface area contributed by atoms with Gasteiger partial charge in [0.1, 0.15) is 11.4 Å². The first-order valence-electron chi connectivity index (χ1n) is 6.71. The highest BCUT2D eigenvalue weighted by molar-refractivity contribution is 5.95. The highest BCUT2D eigenvalue weighted by atomic mass is 16.6. The molecule has 0 fully saturated rings. The van der Waals surface area contributed by atoms with E-state index in [-0.39, 0.29) is 18.0 Å². The van der Waals surface area contributed by atoms with Gasteiger partial charge in [0, 0.05) is 6.07 Å². The third-order valence-corrected chi connectivity index (χ3v) is 3.29. The Hall–Kier alpha value is -2.89. The molecule has 0 spiro atoms. The summed E-state index contributed by atoms with van der Waals surface area (Å²) in [5, 5.41) is 13.6. The van der Waals surface area contributed by atoms with Gasteiger partial charge in [-0.1, -0.05) is 24.3 Å². The van der Waals surface area contributed by atoms with E-state index in [2.05, 4.69) is 5.32 Å². The van der Waals surface area contributed by atoms with Gasteiger partial charge in [0.25, 0.3) is 11.6 Å². The number of rotatable bonds is 5. The van der Waals surface area contributed by atoms with Crippen LogP contribution in [-0.2, 0) is 4.79 Å². The molecule has 6 nitrogen and oxygen atoms in total. The number of hydrogen-bond acceptors (Lipinski definition) is 4. The van der Waals surface area contributed by atoms with Crippen molar-refractivity contribution in [3.05, 3.63) is 63.7 Å². The smallest absolute Gasteiger partial charge is 0.293 e. The predicted octanol–water partition coefficient (Wildman–Crippen LogP) is 3.23. The lowest BCUT2D eigenvalue weighted by atomic mass is 10.1. The second-order valence-electron chi connectivity index (χ2n) is 4.81. The number of ether oxygens (including phenoxy) is 1. The fraction of sp³-hybridized carbons (Fsp3) is 0.188. The van der Waals surface area contributed by atoms with Crippen molar-refractivity contribution >= 4 is 17.3 Å². The molecule has 0 aliphatic rings. The van der Waals surface area contributed by atoms with Crippen LogP contribution < -0.4 is 10.1 Å². The molecule has 22 heavy (non-hydrogen) atoms. The van der Waals surface area contributed by atoms with E-state index < -0.39 is 10.8 Å². The lowest BCUT2D eigenvalue weighted by molar-refractivity contribution is -0.384. The maximum absolute atomic E-state index is 12.0. The zero-order chi connectivity index (χ0) is 16.1. The standard InChI is InChI=1S/C16H16N2O4/c1-11-8-9-14(18(20)21)16(12(11)2)17-15(19)10-22-13-6-4-3-5-7-13/h3-9H,10H2,1-2H3,(H,17,19). The number of aryl methyl sites for hydroxylation is 1. The van der Waals surface area contributed by atoms with Gasteiger partial charge >= 0.3 is 0 Å². The number of carbonyl (C=O) groups excluding carboxylic acids is 1. The average Bonchev–Trinajstić information content (AvgIpc) is 2.50. The number of benzene rings is 2. The van der Waals surface area contributed by atoms with Gasteiger partial charge < -0.3 is 10.1 Å². The van der Waals surface area contributed by atoms with Crippen LogP contribution in [0.5, 0.6) is 5.75 Å². The van der Waals surface area contributed by atoms with Crippen molar-refractivity contribution in [3.8, 4) is 5.75 Å². The Morgan fingerprint density at radius 1 is 1.18 bits per heavy atom. The van der Waals surface area contributed by atoms with Gasteiger partial charge in [0.2, 0.25) is 0 Å². The Balaban J connectivity index is 2.11. The normalized spacial score (nSPS) is 10.1. The number of amides is 1. The number of nitrogens with zero attached hydrogens (tertiary/aromatic N) is 1. The van der Waals surface area contributed by atoms with Crippen molar-refractivity contribution in [1.29, 1.82) is 0 Å². The van der Waals surface area contributed by atoms with Crippen LogP contribution >= 0.6 is 0 Å². The molecule has 0 saturated carbocycles. The summed E-state index contributed by atoms with van der Waals surface area (Å²) in [6, 6.07) is 11.9. The molecule has 1 amide bonds. The van der Waals surface area contributed by atoms with Gasteiger partial charge in [0.05, 0.1) is 4.92 Å². The number of nitro groups is 1. The zero-order valence-electron chi connectivity index (χ0n) is 12.3. The number of para-hydroxylation sites is 1. The Bertz CT molecular complexity index is 699. The Kier molecular flexibility index (Phi) is 4.73. The second kappa shape index (κ2) is 6.71. The molecular formula is C16H16N2O4. The van der Waals surface area contributed by atoms with Crippen LogP contribution in [0.4, 0.5) is 11.4 Å². The molecule has 0 saturated heterocycles. The van der Waals surface area contributed by atoms with Crippen molar-refractivity contribution in [2.24, 2.45) is 0 Å². The molecule has 6 heteroatoms. The van der Waals surface area contributed by atoms with Crippen LogP contribution in [0, 0.1) is 24.0 Å². The second-order valence-corrected chi connectivity index (χ2v) is 4.81. The molecule has 0 radical (unpaired) electrons. The first-order chi connectivity index (χ1) is 10.5.